The fraction of sp³-hybridized carbons (Fsp3) is 0.381. The Morgan fingerprint density at radius 3 is 2.52 bits per heavy atom. The Kier molecular flexibility index (Phi) is 6.82. The smallest absolute Gasteiger partial charge is 0.170 e. The quantitative estimate of drug-likeness (QED) is 0.674. The second-order valence-corrected chi connectivity index (χ2v) is 7.32. The first kappa shape index (κ1) is 19.3. The van der Waals surface area contributed by atoms with Crippen molar-refractivity contribution in [2.75, 3.05) is 11.9 Å². The van der Waals surface area contributed by atoms with Gasteiger partial charge in [-0.3, -0.25) is 0 Å². The molecule has 2 rings (SSSR count). The molecule has 25 heavy (non-hydrogen) atoms. The summed E-state index contributed by atoms with van der Waals surface area (Å²) >= 11 is 5.46. The van der Waals surface area contributed by atoms with Gasteiger partial charge in [0, 0.05) is 17.8 Å². The molecule has 4 heteroatoms. The molecule has 0 unspecified atom stereocenters. The van der Waals surface area contributed by atoms with Crippen LogP contribution in [-0.4, -0.2) is 17.8 Å². The van der Waals surface area contributed by atoms with Crippen LogP contribution >= 0.6 is 12.2 Å². The number of rotatable bonds is 7. The molecule has 1 atom stereocenters. The number of anilines is 1. The number of nitrogens with one attached hydrogen (secondary N) is 2. The second kappa shape index (κ2) is 8.86. The van der Waals surface area contributed by atoms with E-state index < -0.39 is 0 Å². The maximum Gasteiger partial charge on any atom is 0.170 e. The minimum Gasteiger partial charge on any atom is -0.494 e. The van der Waals surface area contributed by atoms with Crippen molar-refractivity contribution >= 4 is 23.0 Å². The molecule has 0 bridgehead atoms. The van der Waals surface area contributed by atoms with E-state index in [2.05, 4.69) is 61.7 Å². The third-order valence-electron chi connectivity index (χ3n) is 4.15. The first-order chi connectivity index (χ1) is 11.9. The van der Waals surface area contributed by atoms with Crippen LogP contribution in [0.5, 0.6) is 5.75 Å². The summed E-state index contributed by atoms with van der Waals surface area (Å²) in [5.41, 5.74) is 2.35. The molecule has 2 aromatic carbocycles. The van der Waals surface area contributed by atoms with Gasteiger partial charge < -0.3 is 15.4 Å². The number of hydrogen-bond acceptors (Lipinski definition) is 2. The van der Waals surface area contributed by atoms with Crippen LogP contribution in [-0.2, 0) is 5.41 Å². The molecule has 0 aliphatic heterocycles. The molecular weight excluding hydrogens is 328 g/mol. The van der Waals surface area contributed by atoms with E-state index in [1.807, 2.05) is 31.2 Å². The van der Waals surface area contributed by atoms with Crippen LogP contribution < -0.4 is 15.4 Å². The van der Waals surface area contributed by atoms with Crippen molar-refractivity contribution in [3.05, 3.63) is 60.2 Å². The van der Waals surface area contributed by atoms with Crippen molar-refractivity contribution in [2.24, 2.45) is 0 Å². The van der Waals surface area contributed by atoms with E-state index in [9.17, 15) is 0 Å². The highest BCUT2D eigenvalue weighted by atomic mass is 32.1. The largest absolute Gasteiger partial charge is 0.494 e. The highest BCUT2D eigenvalue weighted by Crippen LogP contribution is 2.28. The lowest BCUT2D eigenvalue weighted by Gasteiger charge is -2.29. The first-order valence-electron chi connectivity index (χ1n) is 8.76. The predicted octanol–water partition coefficient (Wildman–Crippen LogP) is 5.13. The lowest BCUT2D eigenvalue weighted by Crippen LogP contribution is -2.39. The van der Waals surface area contributed by atoms with Gasteiger partial charge in [0.1, 0.15) is 5.75 Å². The Morgan fingerprint density at radius 1 is 1.12 bits per heavy atom. The molecule has 0 spiro atoms. The van der Waals surface area contributed by atoms with Crippen LogP contribution in [0.2, 0.25) is 0 Å². The average molecular weight is 357 g/mol. The molecule has 2 N–H and O–H groups in total. The van der Waals surface area contributed by atoms with Crippen molar-refractivity contribution in [1.82, 2.24) is 5.32 Å². The van der Waals surface area contributed by atoms with Crippen molar-refractivity contribution < 1.29 is 4.74 Å². The van der Waals surface area contributed by atoms with Crippen molar-refractivity contribution in [2.45, 2.75) is 45.6 Å². The third kappa shape index (κ3) is 6.05. The molecule has 2 aromatic rings. The summed E-state index contributed by atoms with van der Waals surface area (Å²) in [6, 6.07) is 18.7. The van der Waals surface area contributed by atoms with Gasteiger partial charge in [-0.05, 0) is 55.6 Å². The number of ether oxygens (including phenoxy) is 1. The average Bonchev–Trinajstić information content (AvgIpc) is 2.55. The predicted molar refractivity (Wildman–Crippen MR) is 111 cm³/mol. The summed E-state index contributed by atoms with van der Waals surface area (Å²) in [5, 5.41) is 7.25. The van der Waals surface area contributed by atoms with Gasteiger partial charge in [-0.1, -0.05) is 50.2 Å². The van der Waals surface area contributed by atoms with Crippen molar-refractivity contribution in [1.29, 1.82) is 0 Å². The van der Waals surface area contributed by atoms with Crippen LogP contribution in [0.1, 0.15) is 39.7 Å². The van der Waals surface area contributed by atoms with Crippen LogP contribution in [0.25, 0.3) is 0 Å². The number of benzene rings is 2. The van der Waals surface area contributed by atoms with Gasteiger partial charge in [0.25, 0.3) is 0 Å². The van der Waals surface area contributed by atoms with Crippen LogP contribution in [0, 0.1) is 0 Å². The van der Waals surface area contributed by atoms with Crippen LogP contribution in [0.15, 0.2) is 54.6 Å². The number of hydrogen-bond donors (Lipinski definition) is 2. The SMILES string of the molecule is CCOc1cccc(NC(=S)N[C@@H](C)CC(C)(C)c2ccccc2)c1. The summed E-state index contributed by atoms with van der Waals surface area (Å²) in [4.78, 5) is 0. The molecule has 0 heterocycles. The Labute approximate surface area is 156 Å². The Bertz CT molecular complexity index is 685. The van der Waals surface area contributed by atoms with Crippen LogP contribution in [0.4, 0.5) is 5.69 Å². The van der Waals surface area contributed by atoms with Gasteiger partial charge in [0.2, 0.25) is 0 Å². The summed E-state index contributed by atoms with van der Waals surface area (Å²) in [5.74, 6) is 0.841. The summed E-state index contributed by atoms with van der Waals surface area (Å²) in [7, 11) is 0. The minimum atomic E-state index is 0.0815. The molecule has 0 fully saturated rings. The monoisotopic (exact) mass is 356 g/mol. The molecule has 134 valence electrons. The van der Waals surface area contributed by atoms with Gasteiger partial charge in [0.05, 0.1) is 6.61 Å². The molecule has 0 saturated heterocycles. The fourth-order valence-corrected chi connectivity index (χ4v) is 3.36. The highest BCUT2D eigenvalue weighted by molar-refractivity contribution is 7.80. The lowest BCUT2D eigenvalue weighted by atomic mass is 9.79. The van der Waals surface area contributed by atoms with E-state index in [1.54, 1.807) is 0 Å². The van der Waals surface area contributed by atoms with E-state index in [0.717, 1.165) is 17.9 Å². The molecule has 0 saturated carbocycles. The molecule has 0 aliphatic carbocycles. The second-order valence-electron chi connectivity index (χ2n) is 6.91. The zero-order valence-corrected chi connectivity index (χ0v) is 16.3. The maximum absolute atomic E-state index is 5.52. The van der Waals surface area contributed by atoms with Crippen molar-refractivity contribution in [3.63, 3.8) is 0 Å². The van der Waals surface area contributed by atoms with E-state index in [-0.39, 0.29) is 11.5 Å². The van der Waals surface area contributed by atoms with Gasteiger partial charge in [-0.2, -0.15) is 0 Å². The van der Waals surface area contributed by atoms with Gasteiger partial charge >= 0.3 is 0 Å². The molecule has 0 radical (unpaired) electrons. The highest BCUT2D eigenvalue weighted by Gasteiger charge is 2.23. The van der Waals surface area contributed by atoms with E-state index in [0.29, 0.717) is 11.7 Å². The van der Waals surface area contributed by atoms with E-state index >= 15 is 0 Å². The Balaban J connectivity index is 1.90. The molecular formula is C21H28N2OS. The molecule has 0 aliphatic rings. The lowest BCUT2D eigenvalue weighted by molar-refractivity contribution is 0.340. The van der Waals surface area contributed by atoms with E-state index in [4.69, 9.17) is 17.0 Å². The summed E-state index contributed by atoms with van der Waals surface area (Å²) in [6.45, 7) is 9.32. The van der Waals surface area contributed by atoms with Gasteiger partial charge in [0.15, 0.2) is 5.11 Å². The fourth-order valence-electron chi connectivity index (χ4n) is 3.04. The normalized spacial score (nSPS) is 12.3. The standard InChI is InChI=1S/C21H28N2OS/c1-5-24-19-13-9-12-18(14-19)23-20(25)22-16(2)15-21(3,4)17-10-7-6-8-11-17/h6-14,16H,5,15H2,1-4H3,(H2,22,23,25)/t16-/m0/s1. The first-order valence-corrected chi connectivity index (χ1v) is 9.17. The summed E-state index contributed by atoms with van der Waals surface area (Å²) < 4.78 is 5.52. The zero-order valence-electron chi connectivity index (χ0n) is 15.5. The molecule has 3 nitrogen and oxygen atoms in total. The topological polar surface area (TPSA) is 33.3 Å². The zero-order chi connectivity index (χ0) is 18.3. The van der Waals surface area contributed by atoms with E-state index in [1.165, 1.54) is 5.56 Å². The van der Waals surface area contributed by atoms with Crippen molar-refractivity contribution in [3.8, 4) is 5.75 Å². The minimum absolute atomic E-state index is 0.0815. The molecule has 0 aromatic heterocycles. The molecule has 0 amide bonds. The third-order valence-corrected chi connectivity index (χ3v) is 4.37. The van der Waals surface area contributed by atoms with Gasteiger partial charge in [-0.25, -0.2) is 0 Å². The maximum atomic E-state index is 5.52. The van der Waals surface area contributed by atoms with Crippen LogP contribution in [0.3, 0.4) is 0 Å². The Hall–Kier alpha value is -2.07. The van der Waals surface area contributed by atoms with Gasteiger partial charge in [-0.15, -0.1) is 0 Å². The number of thiocarbonyl (C=S) groups is 1. The summed E-state index contributed by atoms with van der Waals surface area (Å²) in [6.07, 6.45) is 0.984. The Morgan fingerprint density at radius 2 is 1.84 bits per heavy atom.